The Morgan fingerprint density at radius 2 is 2.04 bits per heavy atom. The number of ether oxygens (including phenoxy) is 1. The van der Waals surface area contributed by atoms with E-state index in [9.17, 15) is 19.0 Å². The SMILES string of the molecule is COc1cc(Cl)cc2c1NC(Nc1ccccc1C(=O)O)=NS2(O)O. The smallest absolute Gasteiger partial charge is 0.337 e. The summed E-state index contributed by atoms with van der Waals surface area (Å²) >= 11 is 5.96. The zero-order valence-electron chi connectivity index (χ0n) is 12.9. The van der Waals surface area contributed by atoms with Gasteiger partial charge in [-0.05, 0) is 18.2 Å². The second-order valence-corrected chi connectivity index (χ2v) is 7.14. The number of carboxylic acid groups (broad SMARTS) is 1. The van der Waals surface area contributed by atoms with Crippen molar-refractivity contribution in [3.8, 4) is 5.75 Å². The van der Waals surface area contributed by atoms with E-state index in [0.29, 0.717) is 5.75 Å². The molecule has 0 saturated carbocycles. The summed E-state index contributed by atoms with van der Waals surface area (Å²) in [6.45, 7) is 0. The third-order valence-electron chi connectivity index (χ3n) is 3.42. The van der Waals surface area contributed by atoms with Crippen LogP contribution in [-0.4, -0.2) is 33.3 Å². The average molecular weight is 384 g/mol. The van der Waals surface area contributed by atoms with E-state index < -0.39 is 16.7 Å². The van der Waals surface area contributed by atoms with Crippen LogP contribution in [-0.2, 0) is 0 Å². The third-order valence-corrected chi connectivity index (χ3v) is 4.99. The molecule has 0 amide bonds. The molecule has 2 aromatic carbocycles. The molecule has 1 aliphatic rings. The van der Waals surface area contributed by atoms with Gasteiger partial charge in [-0.1, -0.05) is 34.5 Å². The molecule has 5 N–H and O–H groups in total. The molecule has 10 heteroatoms. The van der Waals surface area contributed by atoms with Crippen molar-refractivity contribution in [2.24, 2.45) is 4.40 Å². The highest BCUT2D eigenvalue weighted by molar-refractivity contribution is 8.23. The second kappa shape index (κ2) is 6.45. The lowest BCUT2D eigenvalue weighted by Crippen LogP contribution is -2.28. The molecule has 0 atom stereocenters. The van der Waals surface area contributed by atoms with Crippen molar-refractivity contribution in [2.45, 2.75) is 4.90 Å². The highest BCUT2D eigenvalue weighted by Crippen LogP contribution is 2.58. The van der Waals surface area contributed by atoms with Gasteiger partial charge in [-0.15, -0.1) is 4.40 Å². The average Bonchev–Trinajstić information content (AvgIpc) is 2.55. The zero-order valence-corrected chi connectivity index (χ0v) is 14.4. The minimum absolute atomic E-state index is 0.0114. The van der Waals surface area contributed by atoms with E-state index >= 15 is 0 Å². The van der Waals surface area contributed by atoms with Crippen LogP contribution in [0.25, 0.3) is 0 Å². The zero-order chi connectivity index (χ0) is 18.2. The summed E-state index contributed by atoms with van der Waals surface area (Å²) in [6, 6.07) is 9.07. The Hall–Kier alpha value is -2.46. The number of hydrogen-bond acceptors (Lipinski definition) is 7. The monoisotopic (exact) mass is 383 g/mol. The van der Waals surface area contributed by atoms with Crippen LogP contribution in [0.15, 0.2) is 45.7 Å². The predicted molar refractivity (Wildman–Crippen MR) is 97.2 cm³/mol. The molecule has 0 saturated heterocycles. The highest BCUT2D eigenvalue weighted by Gasteiger charge is 2.29. The molecule has 0 unspecified atom stereocenters. The molecule has 0 aliphatic carbocycles. The topological polar surface area (TPSA) is 123 Å². The number of methoxy groups -OCH3 is 1. The molecule has 0 fully saturated rings. The molecule has 2 aromatic rings. The second-order valence-electron chi connectivity index (χ2n) is 5.04. The number of carboxylic acids is 1. The lowest BCUT2D eigenvalue weighted by molar-refractivity contribution is 0.0698. The molecule has 1 heterocycles. The summed E-state index contributed by atoms with van der Waals surface area (Å²) in [4.78, 5) is 11.4. The minimum Gasteiger partial charge on any atom is -0.494 e. The van der Waals surface area contributed by atoms with Crippen LogP contribution in [0.1, 0.15) is 10.4 Å². The van der Waals surface area contributed by atoms with Crippen molar-refractivity contribution in [3.05, 3.63) is 47.0 Å². The van der Waals surface area contributed by atoms with Crippen molar-refractivity contribution in [3.63, 3.8) is 0 Å². The van der Waals surface area contributed by atoms with Crippen LogP contribution in [0.4, 0.5) is 11.4 Å². The van der Waals surface area contributed by atoms with Gasteiger partial charge < -0.3 is 20.5 Å². The molecule has 8 nitrogen and oxygen atoms in total. The summed E-state index contributed by atoms with van der Waals surface area (Å²) in [7, 11) is -2.13. The fourth-order valence-corrected chi connectivity index (χ4v) is 3.76. The van der Waals surface area contributed by atoms with E-state index in [1.807, 2.05) is 0 Å². The van der Waals surface area contributed by atoms with Crippen molar-refractivity contribution >= 4 is 45.7 Å². The summed E-state index contributed by atoms with van der Waals surface area (Å²) in [5, 5.41) is 15.1. The van der Waals surface area contributed by atoms with Gasteiger partial charge >= 0.3 is 5.97 Å². The van der Waals surface area contributed by atoms with Gasteiger partial charge in [0.05, 0.1) is 18.4 Å². The Balaban J connectivity index is 2.02. The number of carbonyl (C=O) groups is 1. The lowest BCUT2D eigenvalue weighted by atomic mass is 10.2. The number of nitrogens with zero attached hydrogens (tertiary/aromatic N) is 1. The first kappa shape index (κ1) is 17.4. The molecular weight excluding hydrogens is 370 g/mol. The van der Waals surface area contributed by atoms with E-state index in [-0.39, 0.29) is 32.8 Å². The number of rotatable bonds is 3. The van der Waals surface area contributed by atoms with Gasteiger partial charge in [0, 0.05) is 11.1 Å². The van der Waals surface area contributed by atoms with Crippen LogP contribution in [0.5, 0.6) is 5.75 Å². The molecule has 0 aromatic heterocycles. The van der Waals surface area contributed by atoms with Crippen molar-refractivity contribution in [1.82, 2.24) is 0 Å². The lowest BCUT2D eigenvalue weighted by Gasteiger charge is -2.35. The quantitative estimate of drug-likeness (QED) is 0.543. The number of para-hydroxylation sites is 1. The first-order valence-corrected chi connectivity index (χ1v) is 8.82. The Morgan fingerprint density at radius 1 is 1.32 bits per heavy atom. The Bertz CT molecular complexity index is 887. The predicted octanol–water partition coefficient (Wildman–Crippen LogP) is 3.96. The standard InChI is InChI=1S/C15H14ClN3O5S/c1-24-11-6-8(16)7-12-13(11)18-15(19-25(12,22)23)17-10-5-3-2-4-9(10)14(20)21/h2-7,22-23H,1H3,(H,20,21)(H2,17,18,19). The molecule has 1 aliphatic heterocycles. The largest absolute Gasteiger partial charge is 0.494 e. The number of halogens is 1. The first-order valence-electron chi connectivity index (χ1n) is 6.94. The van der Waals surface area contributed by atoms with Gasteiger partial charge in [0.25, 0.3) is 0 Å². The van der Waals surface area contributed by atoms with Gasteiger partial charge in [-0.25, -0.2) is 4.79 Å². The molecule has 0 radical (unpaired) electrons. The van der Waals surface area contributed by atoms with Crippen LogP contribution < -0.4 is 15.4 Å². The number of aromatic carboxylic acids is 1. The Kier molecular flexibility index (Phi) is 4.48. The number of nitrogens with one attached hydrogen (secondary N) is 2. The highest BCUT2D eigenvalue weighted by atomic mass is 35.5. The molecule has 25 heavy (non-hydrogen) atoms. The van der Waals surface area contributed by atoms with Gasteiger partial charge in [0.1, 0.15) is 16.3 Å². The number of fused-ring (bicyclic) bond motifs is 1. The Labute approximate surface area is 149 Å². The van der Waals surface area contributed by atoms with Gasteiger partial charge in [0.2, 0.25) is 5.96 Å². The van der Waals surface area contributed by atoms with E-state index in [2.05, 4.69) is 15.0 Å². The Morgan fingerprint density at radius 3 is 2.72 bits per heavy atom. The van der Waals surface area contributed by atoms with Crippen LogP contribution >= 0.6 is 22.4 Å². The number of benzene rings is 2. The molecule has 0 spiro atoms. The maximum Gasteiger partial charge on any atom is 0.337 e. The van der Waals surface area contributed by atoms with Gasteiger partial charge in [0.15, 0.2) is 0 Å². The van der Waals surface area contributed by atoms with Crippen molar-refractivity contribution in [2.75, 3.05) is 17.7 Å². The van der Waals surface area contributed by atoms with E-state index in [4.69, 9.17) is 16.3 Å². The summed E-state index contributed by atoms with van der Waals surface area (Å²) in [6.07, 6.45) is 0. The normalized spacial score (nSPS) is 16.1. The van der Waals surface area contributed by atoms with Gasteiger partial charge in [-0.2, -0.15) is 0 Å². The number of hydrogen-bond donors (Lipinski definition) is 5. The molecule has 0 bridgehead atoms. The minimum atomic E-state index is -3.55. The van der Waals surface area contributed by atoms with E-state index in [0.717, 1.165) is 0 Å². The fraction of sp³-hybridized carbons (Fsp3) is 0.0667. The summed E-state index contributed by atoms with van der Waals surface area (Å²) < 4.78 is 29.7. The first-order chi connectivity index (χ1) is 11.8. The van der Waals surface area contributed by atoms with Crippen LogP contribution in [0.3, 0.4) is 0 Å². The van der Waals surface area contributed by atoms with Crippen molar-refractivity contribution in [1.29, 1.82) is 0 Å². The maximum absolute atomic E-state index is 11.3. The number of anilines is 2. The van der Waals surface area contributed by atoms with E-state index in [1.165, 1.54) is 31.4 Å². The maximum atomic E-state index is 11.3. The molecular formula is C15H14ClN3O5S. The van der Waals surface area contributed by atoms with Crippen LogP contribution in [0, 0.1) is 0 Å². The van der Waals surface area contributed by atoms with Crippen molar-refractivity contribution < 1.29 is 23.7 Å². The van der Waals surface area contributed by atoms with E-state index in [1.54, 1.807) is 12.1 Å². The molecule has 3 rings (SSSR count). The third kappa shape index (κ3) is 3.35. The fourth-order valence-electron chi connectivity index (χ4n) is 2.34. The summed E-state index contributed by atoms with van der Waals surface area (Å²) in [5.74, 6) is -0.860. The van der Waals surface area contributed by atoms with Gasteiger partial charge in [-0.3, -0.25) is 9.11 Å². The van der Waals surface area contributed by atoms with Crippen LogP contribution in [0.2, 0.25) is 5.02 Å². The summed E-state index contributed by atoms with van der Waals surface area (Å²) in [5.41, 5.74) is 0.544. The molecule has 132 valence electrons. The number of guanidine groups is 1.